The van der Waals surface area contributed by atoms with E-state index in [0.717, 1.165) is 0 Å². The maximum absolute atomic E-state index is 14.5. The summed E-state index contributed by atoms with van der Waals surface area (Å²) in [4.78, 5) is 18.5. The first kappa shape index (κ1) is 57.1. The number of esters is 1. The number of rotatable bonds is 12. The number of likely N-dealkylation sites (N-methyl/N-ethyl adjacent to an activating group) is 1. The molecule has 1 aromatic carbocycles. The summed E-state index contributed by atoms with van der Waals surface area (Å²) < 4.78 is 38.1. The summed E-state index contributed by atoms with van der Waals surface area (Å²) in [6.07, 6.45) is -8.36. The number of cyclic esters (lactones) is 1. The molecular formula is C47H80Cl2N4O12S. The lowest BCUT2D eigenvalue weighted by Crippen LogP contribution is -2.60. The van der Waals surface area contributed by atoms with E-state index < -0.39 is 96.0 Å². The molecule has 19 heteroatoms. The second-order valence-corrected chi connectivity index (χ2v) is 21.4. The van der Waals surface area contributed by atoms with Gasteiger partial charge in [0.2, 0.25) is 0 Å². The molecule has 0 radical (unpaired) electrons. The molecule has 3 aliphatic rings. The van der Waals surface area contributed by atoms with Crippen LogP contribution in [0.5, 0.6) is 0 Å². The standard InChI is InChI=1S/C47H80Cl2N4O12S/c1-14-35-47(10,59)39(55)29(6)53(17-15-16-50-44(66)51-33-20-31(48)19-32(49)21-33)24-25(2)22-45(8,58)41(65-43-37(54)34(52(11)12)18-26(3)61-43)27(4)38(28(5)42(57)63-35)64-36-23-46(9,60-13)40(56)30(7)62-36/h19-21,25-30,34-41,43,54-56,58-59H,14-18,22-24H2,1-13H3,(H2,50,51,66)/t25-,26-,27+,28-,29-,30+,34+,35-,36+,37-,38+,39-,40+,41-,43+,45-,46-,47-/m1/s1. The molecule has 0 saturated carbocycles. The molecule has 3 heterocycles. The molecule has 3 fully saturated rings. The Hall–Kier alpha value is -1.52. The number of carbonyl (C=O) groups excluding carboxylic acids is 1. The zero-order valence-corrected chi connectivity index (χ0v) is 43.5. The van der Waals surface area contributed by atoms with Crippen molar-refractivity contribution in [2.24, 2.45) is 17.8 Å². The van der Waals surface area contributed by atoms with Gasteiger partial charge in [0.25, 0.3) is 0 Å². The molecule has 0 aromatic heterocycles. The van der Waals surface area contributed by atoms with Gasteiger partial charge < -0.3 is 69.5 Å². The maximum atomic E-state index is 14.5. The van der Waals surface area contributed by atoms with Crippen molar-refractivity contribution in [2.45, 2.75) is 192 Å². The van der Waals surface area contributed by atoms with Crippen molar-refractivity contribution in [3.63, 3.8) is 0 Å². The summed E-state index contributed by atoms with van der Waals surface area (Å²) in [5.74, 6) is -2.84. The average Bonchev–Trinajstić information content (AvgIpc) is 3.22. The molecule has 18 atom stereocenters. The van der Waals surface area contributed by atoms with Gasteiger partial charge in [0.1, 0.15) is 30.0 Å². The monoisotopic (exact) mass is 994 g/mol. The van der Waals surface area contributed by atoms with Crippen LogP contribution in [-0.2, 0) is 33.2 Å². The van der Waals surface area contributed by atoms with Crippen molar-refractivity contribution in [1.82, 2.24) is 15.1 Å². The molecule has 0 spiro atoms. The van der Waals surface area contributed by atoms with E-state index in [4.69, 9.17) is 63.8 Å². The van der Waals surface area contributed by atoms with E-state index >= 15 is 0 Å². The zero-order valence-electron chi connectivity index (χ0n) is 41.2. The van der Waals surface area contributed by atoms with Gasteiger partial charge in [-0.1, -0.05) is 44.0 Å². The molecule has 3 saturated heterocycles. The van der Waals surface area contributed by atoms with Gasteiger partial charge in [-0.3, -0.25) is 9.69 Å². The highest BCUT2D eigenvalue weighted by Gasteiger charge is 2.53. The molecule has 16 nitrogen and oxygen atoms in total. The highest BCUT2D eigenvalue weighted by Crippen LogP contribution is 2.40. The zero-order chi connectivity index (χ0) is 49.6. The van der Waals surface area contributed by atoms with Crippen LogP contribution < -0.4 is 10.6 Å². The van der Waals surface area contributed by atoms with Crippen LogP contribution in [0.1, 0.15) is 101 Å². The minimum atomic E-state index is -1.90. The van der Waals surface area contributed by atoms with E-state index in [2.05, 4.69) is 15.5 Å². The highest BCUT2D eigenvalue weighted by molar-refractivity contribution is 7.80. The first-order chi connectivity index (χ1) is 30.6. The van der Waals surface area contributed by atoms with Gasteiger partial charge in [-0.15, -0.1) is 0 Å². The minimum Gasteiger partial charge on any atom is -0.459 e. The topological polar surface area (TPSA) is 204 Å². The van der Waals surface area contributed by atoms with Crippen LogP contribution in [0, 0.1) is 17.8 Å². The number of hydrogen-bond donors (Lipinski definition) is 7. The van der Waals surface area contributed by atoms with Crippen molar-refractivity contribution in [1.29, 1.82) is 0 Å². The van der Waals surface area contributed by atoms with Crippen molar-refractivity contribution < 1.29 is 58.7 Å². The van der Waals surface area contributed by atoms with Crippen LogP contribution in [-0.4, -0.2) is 178 Å². The number of nitrogens with one attached hydrogen (secondary N) is 2. The number of benzene rings is 1. The van der Waals surface area contributed by atoms with E-state index in [1.807, 2.05) is 46.7 Å². The number of aliphatic hydroxyl groups is 5. The Bertz CT molecular complexity index is 1720. The quantitative estimate of drug-likeness (QED) is 0.0841. The van der Waals surface area contributed by atoms with Crippen LogP contribution in [0.15, 0.2) is 18.2 Å². The summed E-state index contributed by atoms with van der Waals surface area (Å²) in [7, 11) is 5.26. The summed E-state index contributed by atoms with van der Waals surface area (Å²) in [6.45, 7) is 18.8. The number of carbonyl (C=O) groups is 1. The lowest BCUT2D eigenvalue weighted by Gasteiger charge is -2.48. The lowest BCUT2D eigenvalue weighted by atomic mass is 9.77. The van der Waals surface area contributed by atoms with Crippen molar-refractivity contribution in [2.75, 3.05) is 46.2 Å². The highest BCUT2D eigenvalue weighted by atomic mass is 35.5. The number of thiocarbonyl (C=S) groups is 1. The van der Waals surface area contributed by atoms with E-state index in [9.17, 15) is 30.3 Å². The molecule has 0 aliphatic carbocycles. The SMILES string of the molecule is CC[C@H]1OC(=O)[C@H](C)[C@@H](O[C@H]2C[C@@](C)(OC)[C@@H](O)[C@H](C)O2)[C@H](C)[C@@H](O[C@@H]2O[C@H](C)C[C@H](N(C)C)[C@H]2O)[C@](C)(O)C[C@@H](C)CN(CCCNC(=S)Nc2cc(Cl)cc(Cl)c2)[C@H](C)[C@@H](O)[C@]1(C)O. The molecule has 0 unspecified atom stereocenters. The number of ether oxygens (including phenoxy) is 6. The summed E-state index contributed by atoms with van der Waals surface area (Å²) in [5, 5.41) is 67.5. The number of hydrogen-bond acceptors (Lipinski definition) is 15. The van der Waals surface area contributed by atoms with Gasteiger partial charge in [-0.25, -0.2) is 0 Å². The third-order valence-corrected chi connectivity index (χ3v) is 14.7. The number of aliphatic hydroxyl groups excluding tert-OH is 3. The first-order valence-electron chi connectivity index (χ1n) is 23.4. The van der Waals surface area contributed by atoms with Gasteiger partial charge in [0.15, 0.2) is 17.7 Å². The van der Waals surface area contributed by atoms with Crippen LogP contribution in [0.25, 0.3) is 0 Å². The largest absolute Gasteiger partial charge is 0.459 e. The van der Waals surface area contributed by atoms with Gasteiger partial charge in [-0.2, -0.15) is 0 Å². The normalized spacial score (nSPS) is 41.4. The molecule has 1 aromatic rings. The second kappa shape index (κ2) is 24.1. The third kappa shape index (κ3) is 14.3. The summed E-state index contributed by atoms with van der Waals surface area (Å²) in [6, 6.07) is 4.07. The van der Waals surface area contributed by atoms with Crippen LogP contribution in [0.4, 0.5) is 5.69 Å². The molecule has 0 bridgehead atoms. The fourth-order valence-electron chi connectivity index (χ4n) is 10.2. The van der Waals surface area contributed by atoms with Gasteiger partial charge in [-0.05, 0) is 125 Å². The number of anilines is 1. The van der Waals surface area contributed by atoms with Crippen LogP contribution in [0.3, 0.4) is 0 Å². The molecule has 0 amide bonds. The van der Waals surface area contributed by atoms with Crippen molar-refractivity contribution in [3.05, 3.63) is 28.2 Å². The second-order valence-electron chi connectivity index (χ2n) is 20.1. The minimum absolute atomic E-state index is 0.103. The maximum Gasteiger partial charge on any atom is 0.311 e. The Morgan fingerprint density at radius 3 is 2.20 bits per heavy atom. The Labute approximate surface area is 408 Å². The fourth-order valence-corrected chi connectivity index (χ4v) is 10.9. The van der Waals surface area contributed by atoms with Crippen LogP contribution >= 0.6 is 35.4 Å². The molecule has 380 valence electrons. The fraction of sp³-hybridized carbons (Fsp3) is 0.830. The average molecular weight is 996 g/mol. The molecular weight excluding hydrogens is 916 g/mol. The van der Waals surface area contributed by atoms with Gasteiger partial charge in [0.05, 0.1) is 41.5 Å². The Balaban J connectivity index is 1.74. The lowest BCUT2D eigenvalue weighted by molar-refractivity contribution is -0.318. The van der Waals surface area contributed by atoms with Gasteiger partial charge in [0, 0.05) is 66.9 Å². The predicted molar refractivity (Wildman–Crippen MR) is 258 cm³/mol. The first-order valence-corrected chi connectivity index (χ1v) is 24.6. The smallest absolute Gasteiger partial charge is 0.311 e. The molecule has 7 N–H and O–H groups in total. The van der Waals surface area contributed by atoms with E-state index in [1.54, 1.807) is 52.8 Å². The van der Waals surface area contributed by atoms with E-state index in [-0.39, 0.29) is 37.3 Å². The number of halogens is 2. The summed E-state index contributed by atoms with van der Waals surface area (Å²) in [5.41, 5.74) is -3.97. The molecule has 3 aliphatic heterocycles. The van der Waals surface area contributed by atoms with E-state index in [0.29, 0.717) is 53.3 Å². The van der Waals surface area contributed by atoms with Crippen LogP contribution in [0.2, 0.25) is 10.0 Å². The number of methoxy groups -OCH3 is 1. The Morgan fingerprint density at radius 2 is 1.61 bits per heavy atom. The van der Waals surface area contributed by atoms with Crippen molar-refractivity contribution >= 4 is 52.2 Å². The van der Waals surface area contributed by atoms with Gasteiger partial charge >= 0.3 is 5.97 Å². The molecule has 66 heavy (non-hydrogen) atoms. The number of nitrogens with zero attached hydrogens (tertiary/aromatic N) is 2. The third-order valence-electron chi connectivity index (χ3n) is 14.1. The predicted octanol–water partition coefficient (Wildman–Crippen LogP) is 4.95. The van der Waals surface area contributed by atoms with E-state index in [1.165, 1.54) is 14.0 Å². The van der Waals surface area contributed by atoms with Crippen molar-refractivity contribution in [3.8, 4) is 0 Å². The summed E-state index contributed by atoms with van der Waals surface area (Å²) >= 11 is 17.9. The molecule has 4 rings (SSSR count). The Kier molecular flexibility index (Phi) is 20.8. The Morgan fingerprint density at radius 1 is 0.970 bits per heavy atom.